The van der Waals surface area contributed by atoms with Crippen LogP contribution in [0.3, 0.4) is 0 Å². The van der Waals surface area contributed by atoms with Gasteiger partial charge in [-0.25, -0.2) is 13.4 Å². The van der Waals surface area contributed by atoms with Crippen molar-refractivity contribution in [1.29, 1.82) is 0 Å². The number of carbonyl (C=O) groups excluding carboxylic acids is 1. The van der Waals surface area contributed by atoms with Crippen LogP contribution in [0.4, 0.5) is 5.13 Å². The molecule has 0 aliphatic rings. The van der Waals surface area contributed by atoms with Gasteiger partial charge in [-0.15, -0.1) is 11.6 Å². The predicted molar refractivity (Wildman–Crippen MR) is 76.7 cm³/mol. The van der Waals surface area contributed by atoms with Crippen LogP contribution in [0.5, 0.6) is 0 Å². The average molecular weight is 319 g/mol. The Balaban J connectivity index is 2.39. The normalized spacial score (nSPS) is 13.4. The Morgan fingerprint density at radius 3 is 2.74 bits per heavy atom. The summed E-state index contributed by atoms with van der Waals surface area (Å²) < 4.78 is 23.6. The van der Waals surface area contributed by atoms with Crippen LogP contribution in [0, 0.1) is 0 Å². The minimum absolute atomic E-state index is 0.229. The van der Waals surface area contributed by atoms with Gasteiger partial charge in [0.25, 0.3) is 0 Å². The predicted octanol–water partition coefficient (Wildman–Crippen LogP) is 2.27. The maximum absolute atomic E-state index is 11.4. The molecular formula is C11H11ClN2O3S2. The lowest BCUT2D eigenvalue weighted by Crippen LogP contribution is -2.19. The fraction of sp³-hybridized carbons (Fsp3) is 0.273. The van der Waals surface area contributed by atoms with Gasteiger partial charge in [0.1, 0.15) is 5.38 Å². The van der Waals surface area contributed by atoms with Crippen molar-refractivity contribution in [2.45, 2.75) is 17.2 Å². The molecule has 1 amide bonds. The van der Waals surface area contributed by atoms with Crippen LogP contribution in [0.15, 0.2) is 23.1 Å². The first-order valence-electron chi connectivity index (χ1n) is 5.33. The molecule has 1 aromatic carbocycles. The van der Waals surface area contributed by atoms with E-state index in [-0.39, 0.29) is 10.8 Å². The molecule has 19 heavy (non-hydrogen) atoms. The maximum Gasteiger partial charge on any atom is 0.243 e. The largest absolute Gasteiger partial charge is 0.301 e. The molecule has 0 aliphatic heterocycles. The number of nitrogens with zero attached hydrogens (tertiary/aromatic N) is 1. The molecule has 0 spiro atoms. The van der Waals surface area contributed by atoms with E-state index in [1.165, 1.54) is 17.4 Å². The number of rotatable bonds is 3. The van der Waals surface area contributed by atoms with Gasteiger partial charge in [0.2, 0.25) is 5.91 Å². The first-order valence-corrected chi connectivity index (χ1v) is 8.47. The number of hydrogen-bond acceptors (Lipinski definition) is 5. The van der Waals surface area contributed by atoms with Gasteiger partial charge in [0.05, 0.1) is 15.1 Å². The number of alkyl halides is 1. The molecule has 1 atom stereocenters. The second kappa shape index (κ2) is 5.07. The standard InChI is InChI=1S/C11H11ClN2O3S2/c1-6(12)10(15)14-11-13-8-4-3-7(19(2,16)17)5-9(8)18-11/h3-6H,1-2H3,(H,13,14,15)/t6-/m1/s1. The monoisotopic (exact) mass is 318 g/mol. The first kappa shape index (κ1) is 14.2. The van der Waals surface area contributed by atoms with Crippen molar-refractivity contribution in [3.8, 4) is 0 Å². The minimum atomic E-state index is -3.25. The summed E-state index contributed by atoms with van der Waals surface area (Å²) in [7, 11) is -3.25. The van der Waals surface area contributed by atoms with Crippen LogP contribution in [-0.2, 0) is 14.6 Å². The van der Waals surface area contributed by atoms with E-state index in [1.54, 1.807) is 19.1 Å². The molecule has 0 saturated heterocycles. The fourth-order valence-electron chi connectivity index (χ4n) is 1.39. The van der Waals surface area contributed by atoms with Crippen LogP contribution < -0.4 is 5.32 Å². The molecule has 0 fully saturated rings. The second-order valence-electron chi connectivity index (χ2n) is 4.03. The number of carbonyl (C=O) groups is 1. The number of nitrogens with one attached hydrogen (secondary N) is 1. The lowest BCUT2D eigenvalue weighted by atomic mass is 10.3. The minimum Gasteiger partial charge on any atom is -0.301 e. The number of thiazole rings is 1. The molecule has 0 bridgehead atoms. The Hall–Kier alpha value is -1.18. The molecule has 0 aliphatic carbocycles. The summed E-state index contributed by atoms with van der Waals surface area (Å²) in [5.41, 5.74) is 0.634. The quantitative estimate of drug-likeness (QED) is 0.881. The van der Waals surface area contributed by atoms with E-state index in [4.69, 9.17) is 11.6 Å². The molecule has 0 radical (unpaired) electrons. The zero-order valence-electron chi connectivity index (χ0n) is 10.2. The Kier molecular flexibility index (Phi) is 3.80. The lowest BCUT2D eigenvalue weighted by molar-refractivity contribution is -0.115. The van der Waals surface area contributed by atoms with Gasteiger partial charge >= 0.3 is 0 Å². The summed E-state index contributed by atoms with van der Waals surface area (Å²) in [6.45, 7) is 1.56. The summed E-state index contributed by atoms with van der Waals surface area (Å²) in [6.07, 6.45) is 1.15. The summed E-state index contributed by atoms with van der Waals surface area (Å²) in [4.78, 5) is 15.9. The number of hydrogen-bond donors (Lipinski definition) is 1. The van der Waals surface area contributed by atoms with E-state index in [0.29, 0.717) is 15.3 Å². The summed E-state index contributed by atoms with van der Waals surface area (Å²) in [6, 6.07) is 4.65. The number of anilines is 1. The Morgan fingerprint density at radius 1 is 1.47 bits per heavy atom. The number of sulfone groups is 1. The molecule has 1 aromatic heterocycles. The highest BCUT2D eigenvalue weighted by Crippen LogP contribution is 2.28. The molecular weight excluding hydrogens is 308 g/mol. The molecule has 5 nitrogen and oxygen atoms in total. The SMILES string of the molecule is C[C@@H](Cl)C(=O)Nc1nc2ccc(S(C)(=O)=O)cc2s1. The van der Waals surface area contributed by atoms with Crippen molar-refractivity contribution < 1.29 is 13.2 Å². The van der Waals surface area contributed by atoms with Crippen LogP contribution >= 0.6 is 22.9 Å². The van der Waals surface area contributed by atoms with Crippen molar-refractivity contribution in [2.24, 2.45) is 0 Å². The number of benzene rings is 1. The summed E-state index contributed by atoms with van der Waals surface area (Å²) >= 11 is 6.85. The molecule has 0 saturated carbocycles. The topological polar surface area (TPSA) is 76.1 Å². The maximum atomic E-state index is 11.4. The first-order chi connectivity index (χ1) is 8.77. The van der Waals surface area contributed by atoms with Gasteiger partial charge in [-0.05, 0) is 25.1 Å². The highest BCUT2D eigenvalue weighted by molar-refractivity contribution is 7.90. The van der Waals surface area contributed by atoms with E-state index < -0.39 is 15.2 Å². The smallest absolute Gasteiger partial charge is 0.243 e. The lowest BCUT2D eigenvalue weighted by Gasteiger charge is -2.01. The van der Waals surface area contributed by atoms with Gasteiger partial charge in [-0.3, -0.25) is 4.79 Å². The molecule has 2 rings (SSSR count). The Bertz CT molecular complexity index is 737. The van der Waals surface area contributed by atoms with E-state index in [0.717, 1.165) is 6.26 Å². The average Bonchev–Trinajstić information content (AvgIpc) is 2.68. The second-order valence-corrected chi connectivity index (χ2v) is 7.73. The number of fused-ring (bicyclic) bond motifs is 1. The van der Waals surface area contributed by atoms with E-state index in [1.807, 2.05) is 0 Å². The molecule has 1 N–H and O–H groups in total. The number of aromatic nitrogens is 1. The van der Waals surface area contributed by atoms with Crippen LogP contribution in [-0.4, -0.2) is 30.9 Å². The van der Waals surface area contributed by atoms with Crippen molar-refractivity contribution in [3.05, 3.63) is 18.2 Å². The highest BCUT2D eigenvalue weighted by atomic mass is 35.5. The Labute approximate surface area is 119 Å². The number of amides is 1. The van der Waals surface area contributed by atoms with Crippen molar-refractivity contribution in [1.82, 2.24) is 4.98 Å². The molecule has 2 aromatic rings. The van der Waals surface area contributed by atoms with Gasteiger partial charge < -0.3 is 5.32 Å². The van der Waals surface area contributed by atoms with Crippen molar-refractivity contribution in [2.75, 3.05) is 11.6 Å². The Morgan fingerprint density at radius 2 is 2.16 bits per heavy atom. The third kappa shape index (κ3) is 3.23. The van der Waals surface area contributed by atoms with E-state index in [2.05, 4.69) is 10.3 Å². The third-order valence-electron chi connectivity index (χ3n) is 2.38. The fourth-order valence-corrected chi connectivity index (χ4v) is 3.08. The van der Waals surface area contributed by atoms with Crippen LogP contribution in [0.25, 0.3) is 10.2 Å². The van der Waals surface area contributed by atoms with Gasteiger partial charge in [0.15, 0.2) is 15.0 Å². The van der Waals surface area contributed by atoms with Crippen molar-refractivity contribution in [3.63, 3.8) is 0 Å². The number of halogens is 1. The van der Waals surface area contributed by atoms with Gasteiger partial charge in [-0.1, -0.05) is 11.3 Å². The third-order valence-corrected chi connectivity index (χ3v) is 4.62. The van der Waals surface area contributed by atoms with E-state index in [9.17, 15) is 13.2 Å². The van der Waals surface area contributed by atoms with Crippen LogP contribution in [0.1, 0.15) is 6.92 Å². The zero-order chi connectivity index (χ0) is 14.2. The zero-order valence-corrected chi connectivity index (χ0v) is 12.6. The molecule has 0 unspecified atom stereocenters. The van der Waals surface area contributed by atoms with E-state index >= 15 is 0 Å². The summed E-state index contributed by atoms with van der Waals surface area (Å²) in [5, 5.41) is 2.32. The summed E-state index contributed by atoms with van der Waals surface area (Å²) in [5.74, 6) is -0.343. The molecule has 8 heteroatoms. The van der Waals surface area contributed by atoms with Gasteiger partial charge in [0, 0.05) is 6.26 Å². The van der Waals surface area contributed by atoms with Crippen LogP contribution in [0.2, 0.25) is 0 Å². The van der Waals surface area contributed by atoms with Crippen molar-refractivity contribution >= 4 is 54.0 Å². The molecule has 102 valence electrons. The van der Waals surface area contributed by atoms with Gasteiger partial charge in [-0.2, -0.15) is 0 Å². The molecule has 1 heterocycles. The highest BCUT2D eigenvalue weighted by Gasteiger charge is 2.14.